The summed E-state index contributed by atoms with van der Waals surface area (Å²) < 4.78 is 5.36. The molecule has 6 heteroatoms. The molecule has 1 aromatic carbocycles. The van der Waals surface area contributed by atoms with Crippen LogP contribution in [0.4, 0.5) is 0 Å². The van der Waals surface area contributed by atoms with Crippen molar-refractivity contribution in [1.29, 1.82) is 0 Å². The number of ether oxygens (including phenoxy) is 1. The Balaban J connectivity index is 1.79. The Morgan fingerprint density at radius 1 is 1.18 bits per heavy atom. The fourth-order valence-electron chi connectivity index (χ4n) is 1.98. The molecule has 1 aromatic heterocycles. The van der Waals surface area contributed by atoms with E-state index in [1.165, 1.54) is 18.6 Å². The van der Waals surface area contributed by atoms with Gasteiger partial charge in [-0.25, -0.2) is 9.78 Å². The molecule has 0 saturated heterocycles. The lowest BCUT2D eigenvalue weighted by Gasteiger charge is -2.17. The number of amides is 1. The molecule has 0 bridgehead atoms. The maximum Gasteiger partial charge on any atom is 0.359 e. The number of carbonyl (C=O) groups excluding carboxylic acids is 2. The summed E-state index contributed by atoms with van der Waals surface area (Å²) in [5.41, 5.74) is 0.695. The molecule has 1 amide bonds. The second-order valence-corrected chi connectivity index (χ2v) is 5.07. The smallest absolute Gasteiger partial charge is 0.359 e. The van der Waals surface area contributed by atoms with Gasteiger partial charge in [-0.1, -0.05) is 30.3 Å². The van der Waals surface area contributed by atoms with Gasteiger partial charge in [0, 0.05) is 24.0 Å². The van der Waals surface area contributed by atoms with Gasteiger partial charge in [-0.2, -0.15) is 0 Å². The minimum absolute atomic E-state index is 0.0719. The molecule has 1 aliphatic rings. The molecule has 6 nitrogen and oxygen atoms in total. The second kappa shape index (κ2) is 6.34. The Kier molecular flexibility index (Phi) is 4.09. The predicted molar refractivity (Wildman–Crippen MR) is 77.8 cm³/mol. The van der Waals surface area contributed by atoms with Crippen LogP contribution in [0, 0.1) is 0 Å². The van der Waals surface area contributed by atoms with Crippen LogP contribution in [0.5, 0.6) is 0 Å². The van der Waals surface area contributed by atoms with E-state index in [0.717, 1.165) is 12.8 Å². The van der Waals surface area contributed by atoms with Gasteiger partial charge in [0.05, 0.1) is 6.20 Å². The zero-order valence-electron chi connectivity index (χ0n) is 11.8. The summed E-state index contributed by atoms with van der Waals surface area (Å²) in [5.74, 6) is -0.987. The average molecular weight is 297 g/mol. The van der Waals surface area contributed by atoms with Crippen LogP contribution in [0.15, 0.2) is 48.9 Å². The fraction of sp³-hybridized carbons (Fsp3) is 0.250. The number of benzene rings is 1. The van der Waals surface area contributed by atoms with E-state index in [4.69, 9.17) is 4.74 Å². The molecule has 0 radical (unpaired) electrons. The first-order chi connectivity index (χ1) is 10.7. The van der Waals surface area contributed by atoms with E-state index in [0.29, 0.717) is 5.56 Å². The van der Waals surface area contributed by atoms with Gasteiger partial charge in [0.2, 0.25) is 6.10 Å². The third-order valence-electron chi connectivity index (χ3n) is 3.26. The monoisotopic (exact) mass is 297 g/mol. The first-order valence-corrected chi connectivity index (χ1v) is 7.06. The number of nitrogens with zero attached hydrogens (tertiary/aromatic N) is 2. The Morgan fingerprint density at radius 2 is 1.95 bits per heavy atom. The second-order valence-electron chi connectivity index (χ2n) is 5.07. The summed E-state index contributed by atoms with van der Waals surface area (Å²) >= 11 is 0. The molecule has 3 rings (SSSR count). The number of nitrogens with one attached hydrogen (secondary N) is 1. The summed E-state index contributed by atoms with van der Waals surface area (Å²) in [4.78, 5) is 32.2. The van der Waals surface area contributed by atoms with E-state index in [2.05, 4.69) is 15.3 Å². The topological polar surface area (TPSA) is 81.2 Å². The SMILES string of the molecule is O=C(O[C@H](C(=O)NC1CC1)c1ccccc1)c1cnccn1. The molecule has 22 heavy (non-hydrogen) atoms. The zero-order chi connectivity index (χ0) is 15.4. The van der Waals surface area contributed by atoms with E-state index >= 15 is 0 Å². The lowest BCUT2D eigenvalue weighted by Crippen LogP contribution is -2.33. The highest BCUT2D eigenvalue weighted by Crippen LogP contribution is 2.23. The highest BCUT2D eigenvalue weighted by molar-refractivity contribution is 5.91. The van der Waals surface area contributed by atoms with Crippen molar-refractivity contribution in [1.82, 2.24) is 15.3 Å². The third kappa shape index (κ3) is 3.46. The number of esters is 1. The lowest BCUT2D eigenvalue weighted by atomic mass is 10.1. The number of carbonyl (C=O) groups is 2. The summed E-state index contributed by atoms with van der Waals surface area (Å²) in [5, 5.41) is 2.86. The van der Waals surface area contributed by atoms with Crippen LogP contribution in [0.1, 0.15) is 35.0 Å². The van der Waals surface area contributed by atoms with Gasteiger partial charge >= 0.3 is 5.97 Å². The molecule has 112 valence electrons. The van der Waals surface area contributed by atoms with Crippen LogP contribution in [0.3, 0.4) is 0 Å². The Morgan fingerprint density at radius 3 is 2.59 bits per heavy atom. The molecule has 1 aliphatic carbocycles. The van der Waals surface area contributed by atoms with Crippen molar-refractivity contribution in [2.45, 2.75) is 25.0 Å². The summed E-state index contributed by atoms with van der Waals surface area (Å²) in [6.07, 6.45) is 5.11. The quantitative estimate of drug-likeness (QED) is 0.849. The number of hydrogen-bond donors (Lipinski definition) is 1. The van der Waals surface area contributed by atoms with E-state index < -0.39 is 12.1 Å². The van der Waals surface area contributed by atoms with Crippen LogP contribution in [-0.4, -0.2) is 27.9 Å². The molecule has 0 aliphatic heterocycles. The maximum absolute atomic E-state index is 12.3. The maximum atomic E-state index is 12.3. The Hall–Kier alpha value is -2.76. The minimum atomic E-state index is -0.990. The molecule has 0 unspecified atom stereocenters. The van der Waals surface area contributed by atoms with Crippen molar-refractivity contribution in [3.05, 3.63) is 60.2 Å². The third-order valence-corrected chi connectivity index (χ3v) is 3.26. The van der Waals surface area contributed by atoms with Gasteiger partial charge in [0.1, 0.15) is 0 Å². The molecular formula is C16H15N3O3. The normalized spacial score (nSPS) is 14.9. The van der Waals surface area contributed by atoms with E-state index in [1.54, 1.807) is 24.3 Å². The van der Waals surface area contributed by atoms with Crippen LogP contribution in [0.25, 0.3) is 0 Å². The highest BCUT2D eigenvalue weighted by Gasteiger charge is 2.31. The standard InChI is InChI=1S/C16H15N3O3/c20-15(19-12-6-7-12)14(11-4-2-1-3-5-11)22-16(21)13-10-17-8-9-18-13/h1-5,8-10,12,14H,6-7H2,(H,19,20)/t14-/m0/s1. The Labute approximate surface area is 127 Å². The van der Waals surface area contributed by atoms with Gasteiger partial charge in [-0.15, -0.1) is 0 Å². The van der Waals surface area contributed by atoms with Gasteiger partial charge < -0.3 is 10.1 Å². The largest absolute Gasteiger partial charge is 0.443 e. The van der Waals surface area contributed by atoms with E-state index in [9.17, 15) is 9.59 Å². The van der Waals surface area contributed by atoms with Gasteiger partial charge in [0.25, 0.3) is 5.91 Å². The number of rotatable bonds is 5. The van der Waals surface area contributed by atoms with E-state index in [-0.39, 0.29) is 17.6 Å². The lowest BCUT2D eigenvalue weighted by molar-refractivity contribution is -0.130. The van der Waals surface area contributed by atoms with Crippen LogP contribution >= 0.6 is 0 Å². The van der Waals surface area contributed by atoms with Crippen LogP contribution in [0.2, 0.25) is 0 Å². The summed E-state index contributed by atoms with van der Waals surface area (Å²) in [6.45, 7) is 0. The van der Waals surface area contributed by atoms with Crippen molar-refractivity contribution in [3.8, 4) is 0 Å². The predicted octanol–water partition coefficient (Wildman–Crippen LogP) is 1.65. The van der Waals surface area contributed by atoms with Crippen molar-refractivity contribution in [2.75, 3.05) is 0 Å². The van der Waals surface area contributed by atoms with Gasteiger partial charge in [-0.05, 0) is 12.8 Å². The number of hydrogen-bond acceptors (Lipinski definition) is 5. The van der Waals surface area contributed by atoms with Crippen molar-refractivity contribution >= 4 is 11.9 Å². The fourth-order valence-corrected chi connectivity index (χ4v) is 1.98. The summed E-state index contributed by atoms with van der Waals surface area (Å²) in [6, 6.07) is 9.12. The zero-order valence-corrected chi connectivity index (χ0v) is 11.8. The molecular weight excluding hydrogens is 282 g/mol. The van der Waals surface area contributed by atoms with Crippen molar-refractivity contribution < 1.29 is 14.3 Å². The van der Waals surface area contributed by atoms with Gasteiger partial charge in [-0.3, -0.25) is 9.78 Å². The molecule has 1 heterocycles. The average Bonchev–Trinajstić information content (AvgIpc) is 3.38. The van der Waals surface area contributed by atoms with Crippen molar-refractivity contribution in [3.63, 3.8) is 0 Å². The van der Waals surface area contributed by atoms with Crippen molar-refractivity contribution in [2.24, 2.45) is 0 Å². The summed E-state index contributed by atoms with van der Waals surface area (Å²) in [7, 11) is 0. The van der Waals surface area contributed by atoms with Crippen LogP contribution in [-0.2, 0) is 9.53 Å². The van der Waals surface area contributed by atoms with E-state index in [1.807, 2.05) is 6.07 Å². The van der Waals surface area contributed by atoms with Gasteiger partial charge in [0.15, 0.2) is 5.69 Å². The minimum Gasteiger partial charge on any atom is -0.443 e. The number of aromatic nitrogens is 2. The molecule has 2 aromatic rings. The van der Waals surface area contributed by atoms with Crippen LogP contribution < -0.4 is 5.32 Å². The Bertz CT molecular complexity index is 657. The highest BCUT2D eigenvalue weighted by atomic mass is 16.5. The molecule has 1 fully saturated rings. The molecule has 1 N–H and O–H groups in total. The molecule has 1 atom stereocenters. The molecule has 1 saturated carbocycles. The first-order valence-electron chi connectivity index (χ1n) is 7.06. The first kappa shape index (κ1) is 14.2. The molecule has 0 spiro atoms.